The SMILES string of the molecule is COCCCn1cc(CN(C(=O)[C@H]2CNCC[C@@H]2c2ccc3occc3c2)C2CC2)c2ccccc21. The van der Waals surface area contributed by atoms with Crippen molar-refractivity contribution < 1.29 is 13.9 Å². The second kappa shape index (κ2) is 10.1. The number of amides is 1. The van der Waals surface area contributed by atoms with Crippen LogP contribution in [-0.4, -0.2) is 48.2 Å². The molecule has 6 rings (SSSR count). The van der Waals surface area contributed by atoms with E-state index in [1.807, 2.05) is 12.1 Å². The number of ether oxygens (including phenoxy) is 1. The molecule has 6 nitrogen and oxygen atoms in total. The molecule has 36 heavy (non-hydrogen) atoms. The maximum absolute atomic E-state index is 14.2. The van der Waals surface area contributed by atoms with Gasteiger partial charge < -0.3 is 23.9 Å². The Labute approximate surface area is 212 Å². The third-order valence-corrected chi connectivity index (χ3v) is 7.93. The predicted molar refractivity (Wildman–Crippen MR) is 142 cm³/mol. The van der Waals surface area contributed by atoms with Gasteiger partial charge in [0.15, 0.2) is 0 Å². The normalized spacial score (nSPS) is 20.2. The van der Waals surface area contributed by atoms with E-state index in [0.29, 0.717) is 18.5 Å². The fourth-order valence-corrected chi connectivity index (χ4v) is 5.92. The average Bonchev–Trinajstić information content (AvgIpc) is 3.55. The number of aryl methyl sites for hydroxylation is 1. The van der Waals surface area contributed by atoms with Crippen LogP contribution < -0.4 is 5.32 Å². The summed E-state index contributed by atoms with van der Waals surface area (Å²) in [7, 11) is 1.75. The van der Waals surface area contributed by atoms with Gasteiger partial charge in [0, 0.05) is 61.9 Å². The number of methoxy groups -OCH3 is 1. The number of hydrogen-bond donors (Lipinski definition) is 1. The third kappa shape index (κ3) is 4.56. The minimum Gasteiger partial charge on any atom is -0.464 e. The standard InChI is InChI=1S/C30H35N3O3/c1-35-15-4-14-32-19-23(26-5-2-3-6-28(26)32)20-33(24-8-9-24)30(34)27-18-31-13-11-25(27)21-7-10-29-22(17-21)12-16-36-29/h2-3,5-7,10,12,16-17,19,24-25,27,31H,4,8-9,11,13-15,18,20H2,1H3/t25-,27+/m1/s1. The summed E-state index contributed by atoms with van der Waals surface area (Å²) in [6.45, 7) is 4.00. The smallest absolute Gasteiger partial charge is 0.228 e. The van der Waals surface area contributed by atoms with Crippen LogP contribution in [0.2, 0.25) is 0 Å². The number of carbonyl (C=O) groups excluding carboxylic acids is 1. The minimum absolute atomic E-state index is 0.0567. The molecule has 0 bridgehead atoms. The molecule has 0 unspecified atom stereocenters. The van der Waals surface area contributed by atoms with Crippen molar-refractivity contribution >= 4 is 27.8 Å². The number of nitrogens with one attached hydrogen (secondary N) is 1. The number of aromatic nitrogens is 1. The highest BCUT2D eigenvalue weighted by atomic mass is 16.5. The van der Waals surface area contributed by atoms with E-state index in [9.17, 15) is 4.79 Å². The molecular formula is C30H35N3O3. The van der Waals surface area contributed by atoms with E-state index in [-0.39, 0.29) is 11.8 Å². The van der Waals surface area contributed by atoms with Gasteiger partial charge in [-0.05, 0) is 73.5 Å². The zero-order valence-electron chi connectivity index (χ0n) is 21.0. The van der Waals surface area contributed by atoms with Gasteiger partial charge >= 0.3 is 0 Å². The van der Waals surface area contributed by atoms with Crippen molar-refractivity contribution in [1.82, 2.24) is 14.8 Å². The van der Waals surface area contributed by atoms with Gasteiger partial charge in [0.25, 0.3) is 0 Å². The lowest BCUT2D eigenvalue weighted by Crippen LogP contribution is -2.47. The van der Waals surface area contributed by atoms with Crippen molar-refractivity contribution in [1.29, 1.82) is 0 Å². The maximum atomic E-state index is 14.2. The lowest BCUT2D eigenvalue weighted by atomic mass is 9.80. The second-order valence-electron chi connectivity index (χ2n) is 10.3. The molecule has 1 saturated heterocycles. The number of carbonyl (C=O) groups is 1. The first kappa shape index (κ1) is 23.3. The highest BCUT2D eigenvalue weighted by Crippen LogP contribution is 2.37. The molecule has 188 valence electrons. The lowest BCUT2D eigenvalue weighted by Gasteiger charge is -2.35. The number of para-hydroxylation sites is 1. The minimum atomic E-state index is -0.0567. The first-order valence-corrected chi connectivity index (χ1v) is 13.3. The van der Waals surface area contributed by atoms with Gasteiger partial charge in [-0.3, -0.25) is 4.79 Å². The third-order valence-electron chi connectivity index (χ3n) is 7.93. The summed E-state index contributed by atoms with van der Waals surface area (Å²) < 4.78 is 13.1. The second-order valence-corrected chi connectivity index (χ2v) is 10.3. The molecule has 1 amide bonds. The summed E-state index contributed by atoms with van der Waals surface area (Å²) >= 11 is 0. The monoisotopic (exact) mass is 485 g/mol. The molecular weight excluding hydrogens is 450 g/mol. The summed E-state index contributed by atoms with van der Waals surface area (Å²) in [5.74, 6) is 0.451. The average molecular weight is 486 g/mol. The van der Waals surface area contributed by atoms with Gasteiger partial charge in [-0.2, -0.15) is 0 Å². The molecule has 4 aromatic rings. The first-order chi connectivity index (χ1) is 17.7. The summed E-state index contributed by atoms with van der Waals surface area (Å²) in [6, 6.07) is 17.3. The number of piperidine rings is 1. The number of benzene rings is 2. The summed E-state index contributed by atoms with van der Waals surface area (Å²) in [5.41, 5.74) is 4.62. The molecule has 2 aromatic heterocycles. The van der Waals surface area contributed by atoms with Crippen molar-refractivity contribution in [2.45, 2.75) is 50.7 Å². The Morgan fingerprint density at radius 1 is 1.17 bits per heavy atom. The number of furan rings is 1. The largest absolute Gasteiger partial charge is 0.464 e. The first-order valence-electron chi connectivity index (χ1n) is 13.3. The van der Waals surface area contributed by atoms with Crippen LogP contribution in [0.5, 0.6) is 0 Å². The van der Waals surface area contributed by atoms with Crippen LogP contribution in [0.4, 0.5) is 0 Å². The van der Waals surface area contributed by atoms with E-state index >= 15 is 0 Å². The Morgan fingerprint density at radius 2 is 2.06 bits per heavy atom. The topological polar surface area (TPSA) is 59.6 Å². The van der Waals surface area contributed by atoms with Crippen molar-refractivity contribution in [3.63, 3.8) is 0 Å². The van der Waals surface area contributed by atoms with E-state index in [4.69, 9.17) is 9.15 Å². The van der Waals surface area contributed by atoms with Crippen LogP contribution >= 0.6 is 0 Å². The van der Waals surface area contributed by atoms with Crippen molar-refractivity contribution in [2.75, 3.05) is 26.8 Å². The van der Waals surface area contributed by atoms with Crippen molar-refractivity contribution in [3.8, 4) is 0 Å². The van der Waals surface area contributed by atoms with Crippen LogP contribution in [0.25, 0.3) is 21.9 Å². The molecule has 6 heteroatoms. The predicted octanol–water partition coefficient (Wildman–Crippen LogP) is 5.31. The number of hydrogen-bond acceptors (Lipinski definition) is 4. The number of nitrogens with zero attached hydrogens (tertiary/aromatic N) is 2. The molecule has 3 heterocycles. The maximum Gasteiger partial charge on any atom is 0.228 e. The van der Waals surface area contributed by atoms with E-state index in [1.165, 1.54) is 22.0 Å². The van der Waals surface area contributed by atoms with Gasteiger partial charge in [-0.25, -0.2) is 0 Å². The van der Waals surface area contributed by atoms with Crippen LogP contribution in [0.1, 0.15) is 42.7 Å². The van der Waals surface area contributed by atoms with Gasteiger partial charge in [0.2, 0.25) is 5.91 Å². The highest BCUT2D eigenvalue weighted by Gasteiger charge is 2.40. The zero-order chi connectivity index (χ0) is 24.5. The Kier molecular flexibility index (Phi) is 6.55. The van der Waals surface area contributed by atoms with Crippen molar-refractivity contribution in [2.24, 2.45) is 5.92 Å². The summed E-state index contributed by atoms with van der Waals surface area (Å²) in [5, 5.41) is 5.86. The molecule has 1 aliphatic carbocycles. The molecule has 0 radical (unpaired) electrons. The fourth-order valence-electron chi connectivity index (χ4n) is 5.92. The molecule has 1 N–H and O–H groups in total. The van der Waals surface area contributed by atoms with Crippen molar-refractivity contribution in [3.05, 3.63) is 72.1 Å². The molecule has 2 aromatic carbocycles. The summed E-state index contributed by atoms with van der Waals surface area (Å²) in [6.07, 6.45) is 8.13. The molecule has 2 atom stereocenters. The molecule has 1 saturated carbocycles. The van der Waals surface area contributed by atoms with Crippen LogP contribution in [0, 0.1) is 5.92 Å². The van der Waals surface area contributed by atoms with E-state index in [0.717, 1.165) is 62.9 Å². The number of fused-ring (bicyclic) bond motifs is 2. The van der Waals surface area contributed by atoms with Gasteiger partial charge in [0.05, 0.1) is 12.2 Å². The quantitative estimate of drug-likeness (QED) is 0.327. The Hall–Kier alpha value is -3.09. The Bertz CT molecular complexity index is 1350. The van der Waals surface area contributed by atoms with E-state index < -0.39 is 0 Å². The molecule has 2 fully saturated rings. The number of rotatable bonds is 9. The Balaban J connectivity index is 1.28. The van der Waals surface area contributed by atoms with Crippen LogP contribution in [0.3, 0.4) is 0 Å². The van der Waals surface area contributed by atoms with Gasteiger partial charge in [0.1, 0.15) is 5.58 Å². The molecule has 2 aliphatic rings. The summed E-state index contributed by atoms with van der Waals surface area (Å²) in [4.78, 5) is 16.4. The Morgan fingerprint density at radius 3 is 2.92 bits per heavy atom. The van der Waals surface area contributed by atoms with Gasteiger partial charge in [-0.15, -0.1) is 0 Å². The van der Waals surface area contributed by atoms with E-state index in [1.54, 1.807) is 13.4 Å². The molecule has 0 spiro atoms. The molecule has 1 aliphatic heterocycles. The fraction of sp³-hybridized carbons (Fsp3) is 0.433. The van der Waals surface area contributed by atoms with Crippen LogP contribution in [0.15, 0.2) is 65.4 Å². The lowest BCUT2D eigenvalue weighted by molar-refractivity contribution is -0.138. The van der Waals surface area contributed by atoms with Crippen LogP contribution in [-0.2, 0) is 22.6 Å². The highest BCUT2D eigenvalue weighted by molar-refractivity contribution is 5.86. The van der Waals surface area contributed by atoms with Gasteiger partial charge in [-0.1, -0.05) is 24.3 Å². The van der Waals surface area contributed by atoms with E-state index in [2.05, 4.69) is 57.4 Å². The zero-order valence-corrected chi connectivity index (χ0v) is 21.0.